The summed E-state index contributed by atoms with van der Waals surface area (Å²) in [5, 5.41) is 4.21. The average molecular weight is 350 g/mol. The number of rotatable bonds is 6. The van der Waals surface area contributed by atoms with Gasteiger partial charge in [0.15, 0.2) is 0 Å². The second-order valence-corrected chi connectivity index (χ2v) is 7.23. The fourth-order valence-electron chi connectivity index (χ4n) is 2.43. The smallest absolute Gasteiger partial charge is 0.205 e. The van der Waals surface area contributed by atoms with E-state index in [-0.39, 0.29) is 5.75 Å². The van der Waals surface area contributed by atoms with Crippen molar-refractivity contribution in [3.8, 4) is 0 Å². The molecule has 0 saturated heterocycles. The predicted molar refractivity (Wildman–Crippen MR) is 101 cm³/mol. The van der Waals surface area contributed by atoms with Crippen molar-refractivity contribution in [2.75, 3.05) is 0 Å². The van der Waals surface area contributed by atoms with E-state index in [4.69, 9.17) is 0 Å². The van der Waals surface area contributed by atoms with Gasteiger partial charge in [-0.2, -0.15) is 5.10 Å². The first-order chi connectivity index (χ1) is 12.1. The number of nitrogens with zero attached hydrogens (tertiary/aromatic N) is 1. The summed E-state index contributed by atoms with van der Waals surface area (Å²) in [6.45, 7) is 0. The SMILES string of the molecule is O=S(=O)(Cc1ccccc1)NN=C(c1ccccc1)c1ccccc1. The van der Waals surface area contributed by atoms with E-state index in [1.54, 1.807) is 12.1 Å². The Hall–Kier alpha value is -2.92. The average Bonchev–Trinajstić information content (AvgIpc) is 2.64. The van der Waals surface area contributed by atoms with Crippen molar-refractivity contribution in [2.45, 2.75) is 5.75 Å². The molecule has 126 valence electrons. The molecule has 3 aromatic carbocycles. The highest BCUT2D eigenvalue weighted by Gasteiger charge is 2.12. The van der Waals surface area contributed by atoms with E-state index in [2.05, 4.69) is 9.93 Å². The highest BCUT2D eigenvalue weighted by atomic mass is 32.2. The number of sulfonamides is 1. The summed E-state index contributed by atoms with van der Waals surface area (Å²) < 4.78 is 24.7. The Morgan fingerprint density at radius 2 is 1.16 bits per heavy atom. The lowest BCUT2D eigenvalue weighted by molar-refractivity contribution is 0.583. The summed E-state index contributed by atoms with van der Waals surface area (Å²) >= 11 is 0. The van der Waals surface area contributed by atoms with E-state index in [9.17, 15) is 8.42 Å². The zero-order chi connectivity index (χ0) is 17.5. The number of hydrazone groups is 1. The van der Waals surface area contributed by atoms with Crippen LogP contribution in [-0.4, -0.2) is 14.1 Å². The molecule has 0 aliphatic rings. The molecule has 0 saturated carbocycles. The largest absolute Gasteiger partial charge is 0.251 e. The molecule has 0 fully saturated rings. The topological polar surface area (TPSA) is 58.5 Å². The minimum atomic E-state index is -3.58. The van der Waals surface area contributed by atoms with E-state index in [1.165, 1.54) is 0 Å². The first kappa shape index (κ1) is 16.9. The number of nitrogens with one attached hydrogen (secondary N) is 1. The molecule has 0 heterocycles. The van der Waals surface area contributed by atoms with Gasteiger partial charge in [-0.3, -0.25) is 0 Å². The third kappa shape index (κ3) is 4.78. The quantitative estimate of drug-likeness (QED) is 0.546. The molecule has 0 unspecified atom stereocenters. The monoisotopic (exact) mass is 350 g/mol. The van der Waals surface area contributed by atoms with Crippen molar-refractivity contribution in [1.82, 2.24) is 4.83 Å². The highest BCUT2D eigenvalue weighted by Crippen LogP contribution is 2.11. The van der Waals surface area contributed by atoms with Crippen molar-refractivity contribution in [3.05, 3.63) is 108 Å². The fourth-order valence-corrected chi connectivity index (χ4v) is 3.36. The number of hydrogen-bond acceptors (Lipinski definition) is 3. The van der Waals surface area contributed by atoms with Crippen LogP contribution in [0.4, 0.5) is 0 Å². The summed E-state index contributed by atoms with van der Waals surface area (Å²) in [6, 6.07) is 28.0. The van der Waals surface area contributed by atoms with Gasteiger partial charge in [0.1, 0.15) is 0 Å². The summed E-state index contributed by atoms with van der Waals surface area (Å²) in [7, 11) is -3.58. The van der Waals surface area contributed by atoms with Crippen molar-refractivity contribution in [3.63, 3.8) is 0 Å². The van der Waals surface area contributed by atoms with E-state index in [1.807, 2.05) is 78.9 Å². The second-order valence-electron chi connectivity index (χ2n) is 5.53. The zero-order valence-electron chi connectivity index (χ0n) is 13.5. The van der Waals surface area contributed by atoms with E-state index in [0.717, 1.165) is 11.1 Å². The summed E-state index contributed by atoms with van der Waals surface area (Å²) in [5.74, 6) is -0.117. The lowest BCUT2D eigenvalue weighted by Gasteiger charge is -2.09. The molecule has 4 nitrogen and oxygen atoms in total. The molecule has 0 spiro atoms. The van der Waals surface area contributed by atoms with Crippen LogP contribution in [0, 0.1) is 0 Å². The predicted octanol–water partition coefficient (Wildman–Crippen LogP) is 3.56. The molecule has 0 aliphatic carbocycles. The van der Waals surface area contributed by atoms with Gasteiger partial charge in [-0.1, -0.05) is 91.0 Å². The van der Waals surface area contributed by atoms with Crippen LogP contribution in [0.5, 0.6) is 0 Å². The molecule has 1 N–H and O–H groups in total. The Bertz CT molecular complexity index is 897. The van der Waals surface area contributed by atoms with Gasteiger partial charge in [0.05, 0.1) is 11.5 Å². The molecule has 0 aromatic heterocycles. The molecule has 0 aliphatic heterocycles. The molecule has 0 bridgehead atoms. The van der Waals surface area contributed by atoms with Gasteiger partial charge in [0.25, 0.3) is 10.0 Å². The molecule has 3 aromatic rings. The third-order valence-corrected chi connectivity index (χ3v) is 4.67. The normalized spacial score (nSPS) is 10.9. The van der Waals surface area contributed by atoms with E-state index < -0.39 is 10.0 Å². The molecule has 5 heteroatoms. The van der Waals surface area contributed by atoms with E-state index >= 15 is 0 Å². The highest BCUT2D eigenvalue weighted by molar-refractivity contribution is 7.88. The van der Waals surface area contributed by atoms with Crippen LogP contribution < -0.4 is 4.83 Å². The van der Waals surface area contributed by atoms with Gasteiger partial charge in [-0.25, -0.2) is 13.2 Å². The Morgan fingerprint density at radius 3 is 1.64 bits per heavy atom. The maximum absolute atomic E-state index is 12.3. The van der Waals surface area contributed by atoms with Crippen LogP contribution in [-0.2, 0) is 15.8 Å². The minimum Gasteiger partial charge on any atom is -0.205 e. The van der Waals surface area contributed by atoms with Gasteiger partial charge >= 0.3 is 0 Å². The van der Waals surface area contributed by atoms with E-state index in [0.29, 0.717) is 11.3 Å². The van der Waals surface area contributed by atoms with Gasteiger partial charge < -0.3 is 0 Å². The standard InChI is InChI=1S/C20H18N2O2S/c23-25(24,16-17-10-4-1-5-11-17)22-21-20(18-12-6-2-7-13-18)19-14-8-3-9-15-19/h1-15,22H,16H2. The zero-order valence-corrected chi connectivity index (χ0v) is 14.4. The molecular formula is C20H18N2O2S. The Morgan fingerprint density at radius 1 is 0.720 bits per heavy atom. The first-order valence-electron chi connectivity index (χ1n) is 7.86. The Kier molecular flexibility index (Phi) is 5.26. The fraction of sp³-hybridized carbons (Fsp3) is 0.0500. The van der Waals surface area contributed by atoms with Crippen molar-refractivity contribution in [1.29, 1.82) is 0 Å². The van der Waals surface area contributed by atoms with Crippen LogP contribution in [0.25, 0.3) is 0 Å². The van der Waals surface area contributed by atoms with Crippen molar-refractivity contribution >= 4 is 15.7 Å². The second kappa shape index (κ2) is 7.77. The number of hydrogen-bond donors (Lipinski definition) is 1. The first-order valence-corrected chi connectivity index (χ1v) is 9.51. The molecule has 0 amide bonds. The van der Waals surface area contributed by atoms with Crippen LogP contribution in [0.1, 0.15) is 16.7 Å². The Labute approximate surface area is 147 Å². The molecule has 3 rings (SSSR count). The van der Waals surface area contributed by atoms with Gasteiger partial charge in [0.2, 0.25) is 0 Å². The van der Waals surface area contributed by atoms with Crippen molar-refractivity contribution in [2.24, 2.45) is 5.10 Å². The van der Waals surface area contributed by atoms with Gasteiger partial charge in [-0.15, -0.1) is 0 Å². The van der Waals surface area contributed by atoms with Crippen LogP contribution >= 0.6 is 0 Å². The molecular weight excluding hydrogens is 332 g/mol. The van der Waals surface area contributed by atoms with Crippen LogP contribution in [0.15, 0.2) is 96.1 Å². The number of benzene rings is 3. The molecule has 25 heavy (non-hydrogen) atoms. The molecule has 0 radical (unpaired) electrons. The van der Waals surface area contributed by atoms with Gasteiger partial charge in [-0.05, 0) is 5.56 Å². The minimum absolute atomic E-state index is 0.117. The Balaban J connectivity index is 1.89. The summed E-state index contributed by atoms with van der Waals surface area (Å²) in [5.41, 5.74) is 2.98. The lowest BCUT2D eigenvalue weighted by Crippen LogP contribution is -2.22. The summed E-state index contributed by atoms with van der Waals surface area (Å²) in [4.78, 5) is 2.36. The summed E-state index contributed by atoms with van der Waals surface area (Å²) in [6.07, 6.45) is 0. The van der Waals surface area contributed by atoms with Crippen LogP contribution in [0.2, 0.25) is 0 Å². The molecule has 0 atom stereocenters. The third-order valence-electron chi connectivity index (χ3n) is 3.59. The maximum atomic E-state index is 12.3. The van der Waals surface area contributed by atoms with Crippen molar-refractivity contribution < 1.29 is 8.42 Å². The van der Waals surface area contributed by atoms with Crippen LogP contribution in [0.3, 0.4) is 0 Å². The lowest BCUT2D eigenvalue weighted by atomic mass is 10.0. The van der Waals surface area contributed by atoms with Gasteiger partial charge in [0, 0.05) is 11.1 Å². The maximum Gasteiger partial charge on any atom is 0.251 e.